The van der Waals surface area contributed by atoms with E-state index in [4.69, 9.17) is 38.4 Å². The fraction of sp³-hybridized carbons (Fsp3) is 0.380. The summed E-state index contributed by atoms with van der Waals surface area (Å²) in [6.07, 6.45) is -5.83. The number of nitrogens with zero attached hydrogens (tertiary/aromatic N) is 2. The summed E-state index contributed by atoms with van der Waals surface area (Å²) >= 11 is 3.82. The number of thioether (sulfide) groups is 3. The van der Waals surface area contributed by atoms with Crippen molar-refractivity contribution < 1.29 is 89.7 Å². The van der Waals surface area contributed by atoms with Crippen molar-refractivity contribution in [1.29, 1.82) is 0 Å². The number of rotatable bonds is 25. The summed E-state index contributed by atoms with van der Waals surface area (Å²) in [5, 5.41) is 122. The number of nitrogens with one attached hydrogen (secondary N) is 2. The maximum Gasteiger partial charge on any atom is 0.132 e. The van der Waals surface area contributed by atoms with Gasteiger partial charge in [-0.25, -0.2) is 9.97 Å². The van der Waals surface area contributed by atoms with Gasteiger partial charge in [-0.15, -0.1) is 35.3 Å². The summed E-state index contributed by atoms with van der Waals surface area (Å²) in [5.41, 5.74) is 10.2. The van der Waals surface area contributed by atoms with Gasteiger partial charge in [0.1, 0.15) is 107 Å². The van der Waals surface area contributed by atoms with Crippen LogP contribution in [0.4, 0.5) is 0 Å². The molecule has 12 rings (SSSR count). The minimum Gasteiger partial charge on any atom is -0.494 e. The van der Waals surface area contributed by atoms with E-state index in [2.05, 4.69) is 46.4 Å². The molecule has 96 heavy (non-hydrogen) atoms. The number of ether oxygens (including phenoxy) is 6. The second-order valence-corrected chi connectivity index (χ2v) is 27.4. The molecule has 0 saturated carbocycles. The van der Waals surface area contributed by atoms with Gasteiger partial charge in [-0.05, 0) is 144 Å². The zero-order chi connectivity index (χ0) is 67.0. The number of benzene rings is 4. The van der Waals surface area contributed by atoms with Crippen LogP contribution in [0.1, 0.15) is 42.0 Å². The van der Waals surface area contributed by atoms with Crippen molar-refractivity contribution in [1.82, 2.24) is 19.9 Å². The van der Waals surface area contributed by atoms with Crippen LogP contribution in [0.2, 0.25) is 0 Å². The van der Waals surface area contributed by atoms with Gasteiger partial charge in [0.15, 0.2) is 0 Å². The Labute approximate surface area is 565 Å². The molecule has 0 radical (unpaired) electrons. The molecule has 25 heteroatoms. The highest BCUT2D eigenvalue weighted by Crippen LogP contribution is 2.41. The molecule has 3 aromatic heterocycles. The lowest BCUT2D eigenvalue weighted by atomic mass is 10.0. The van der Waals surface area contributed by atoms with Crippen LogP contribution in [-0.4, -0.2) is 228 Å². The first kappa shape index (κ1) is 69.2. The highest BCUT2D eigenvalue weighted by atomic mass is 32.2. The van der Waals surface area contributed by atoms with E-state index in [0.29, 0.717) is 96.4 Å². The van der Waals surface area contributed by atoms with Gasteiger partial charge in [0.2, 0.25) is 0 Å². The maximum absolute atomic E-state index is 10.6. The molecule has 5 aliphatic heterocycles. The van der Waals surface area contributed by atoms with Crippen molar-refractivity contribution >= 4 is 81.7 Å². The smallest absolute Gasteiger partial charge is 0.132 e. The topological polar surface area (TPSA) is 356 Å². The normalized spacial score (nSPS) is 26.4. The highest BCUT2D eigenvalue weighted by Gasteiger charge is 2.46. The molecule has 14 N–H and O–H groups in total. The average molecular weight is 1370 g/mol. The fourth-order valence-electron chi connectivity index (χ4n) is 12.1. The Morgan fingerprint density at radius 2 is 0.625 bits per heavy atom. The molecule has 8 heterocycles. The summed E-state index contributed by atoms with van der Waals surface area (Å²) < 4.78 is 35.7. The Morgan fingerprint density at radius 3 is 0.948 bits per heavy atom. The predicted octanol–water partition coefficient (Wildman–Crippen LogP) is 6.23. The van der Waals surface area contributed by atoms with Crippen molar-refractivity contribution in [2.45, 2.75) is 109 Å². The molecule has 7 aromatic rings. The van der Waals surface area contributed by atoms with Crippen molar-refractivity contribution in [2.24, 2.45) is 0 Å². The van der Waals surface area contributed by atoms with Gasteiger partial charge in [-0.1, -0.05) is 66.7 Å². The van der Waals surface area contributed by atoms with E-state index in [1.165, 1.54) is 35.3 Å². The van der Waals surface area contributed by atoms with Crippen LogP contribution in [0.5, 0.6) is 17.2 Å². The first-order chi connectivity index (χ1) is 46.7. The number of hydrogen-bond donors (Lipinski definition) is 14. The Hall–Kier alpha value is -6.67. The SMILES string of the molecule is OC[C@H]1O[C@@H](SCCCOc2ccc(-c3c4nc(c(-c5ccc(OCCCS[C@@H]6O[C@H](CO)[C@@H](O)[C@H](O)[C@H]6O)cc5)c5ccc([nH]5)c(-c5ccccc5)c5ccc([nH]5)c(-c5ccc(OCCCS[C@@H]6O[C@H](CO)[C@@H](O)[C@H](O)[C@H]6O)cc5)c5nc3C=C5)C=C4)cc2)[C@H](O)[C@@H](O)[C@@H]1O. The number of aromatic nitrogens is 4. The van der Waals surface area contributed by atoms with E-state index in [9.17, 15) is 61.3 Å². The monoisotopic (exact) mass is 1370 g/mol. The molecule has 8 bridgehead atoms. The Kier molecular flexibility index (Phi) is 23.0. The van der Waals surface area contributed by atoms with Crippen molar-refractivity contribution in [3.05, 3.63) is 150 Å². The second-order valence-electron chi connectivity index (χ2n) is 23.8. The van der Waals surface area contributed by atoms with Gasteiger partial charge < -0.3 is 99.7 Å². The molecule has 0 unspecified atom stereocenters. The van der Waals surface area contributed by atoms with Gasteiger partial charge in [0, 0.05) is 44.3 Å². The Bertz CT molecular complexity index is 3780. The number of hydrogen-bond acceptors (Lipinski definition) is 23. The molecule has 0 spiro atoms. The number of aliphatic hydroxyl groups excluding tert-OH is 12. The molecule has 508 valence electrons. The van der Waals surface area contributed by atoms with E-state index in [1.54, 1.807) is 0 Å². The van der Waals surface area contributed by atoms with E-state index in [1.807, 2.05) is 115 Å². The summed E-state index contributed by atoms with van der Waals surface area (Å²) in [6, 6.07) is 41.7. The fourth-order valence-corrected chi connectivity index (χ4v) is 15.4. The summed E-state index contributed by atoms with van der Waals surface area (Å²) in [4.78, 5) is 18.5. The maximum atomic E-state index is 10.6. The van der Waals surface area contributed by atoms with Gasteiger partial charge in [0.25, 0.3) is 0 Å². The van der Waals surface area contributed by atoms with Crippen LogP contribution in [0.25, 0.3) is 90.9 Å². The summed E-state index contributed by atoms with van der Waals surface area (Å²) in [5.74, 6) is 3.39. The van der Waals surface area contributed by atoms with E-state index in [0.717, 1.165) is 66.6 Å². The first-order valence-corrected chi connectivity index (χ1v) is 35.0. The lowest BCUT2D eigenvalue weighted by Gasteiger charge is -2.39. The highest BCUT2D eigenvalue weighted by molar-refractivity contribution is 8.00. The van der Waals surface area contributed by atoms with Crippen LogP contribution in [0, 0.1) is 0 Å². The third kappa shape index (κ3) is 15.4. The number of H-pyrrole nitrogens is 2. The van der Waals surface area contributed by atoms with Crippen LogP contribution in [0.15, 0.2) is 127 Å². The molecular formula is C71H78N4O18S3. The molecular weight excluding hydrogens is 1290 g/mol. The predicted molar refractivity (Wildman–Crippen MR) is 370 cm³/mol. The molecule has 22 nitrogen and oxygen atoms in total. The van der Waals surface area contributed by atoms with Crippen LogP contribution >= 0.6 is 35.3 Å². The van der Waals surface area contributed by atoms with Crippen molar-refractivity contribution in [3.8, 4) is 61.8 Å². The zero-order valence-corrected chi connectivity index (χ0v) is 54.5. The van der Waals surface area contributed by atoms with Gasteiger partial charge >= 0.3 is 0 Å². The van der Waals surface area contributed by atoms with Gasteiger partial charge in [-0.2, -0.15) is 0 Å². The molecule has 0 aliphatic carbocycles. The largest absolute Gasteiger partial charge is 0.494 e. The molecule has 3 saturated heterocycles. The summed E-state index contributed by atoms with van der Waals surface area (Å²) in [7, 11) is 0. The minimum atomic E-state index is -1.45. The van der Waals surface area contributed by atoms with Crippen LogP contribution < -0.4 is 14.2 Å². The third-order valence-corrected chi connectivity index (χ3v) is 21.0. The number of aliphatic hydroxyl groups is 12. The lowest BCUT2D eigenvalue weighted by molar-refractivity contribution is -0.205. The zero-order valence-electron chi connectivity index (χ0n) is 52.0. The Balaban J connectivity index is 0.872. The molecule has 3 fully saturated rings. The minimum absolute atomic E-state index is 0.326. The third-order valence-electron chi connectivity index (χ3n) is 17.3. The lowest BCUT2D eigenvalue weighted by Crippen LogP contribution is -2.57. The van der Waals surface area contributed by atoms with Crippen LogP contribution in [0.3, 0.4) is 0 Å². The Morgan fingerprint density at radius 1 is 0.333 bits per heavy atom. The van der Waals surface area contributed by atoms with E-state index < -0.39 is 109 Å². The van der Waals surface area contributed by atoms with Gasteiger partial charge in [0.05, 0.1) is 62.4 Å². The van der Waals surface area contributed by atoms with E-state index >= 15 is 0 Å². The van der Waals surface area contributed by atoms with Crippen LogP contribution in [-0.2, 0) is 14.2 Å². The molecule has 5 aliphatic rings. The second kappa shape index (κ2) is 31.9. The van der Waals surface area contributed by atoms with Crippen molar-refractivity contribution in [3.63, 3.8) is 0 Å². The van der Waals surface area contributed by atoms with E-state index in [-0.39, 0.29) is 0 Å². The molecule has 0 amide bonds. The average Bonchev–Trinajstić information content (AvgIpc) is 1.62. The molecule has 4 aromatic carbocycles. The number of aromatic amines is 2. The molecule has 15 atom stereocenters. The number of fused-ring (bicyclic) bond motifs is 8. The van der Waals surface area contributed by atoms with Gasteiger partial charge in [-0.3, -0.25) is 0 Å². The standard InChI is InChI=1S/C71H78N4O18S3/c76-35-53-60(79)63(82)66(85)69(91-53)94-32-4-29-88-42-15-9-39(10-16-42)57-47-23-21-45(72-47)56(38-7-2-1-3-8-38)46-22-24-48(73-46)58(40-11-17-43(18-12-40)89-30-5-33-95-70-67(86)64(83)61(80)54(36-77)92-70)50-26-28-52(75-50)59(51-27-25-49(57)74-51)41-13-19-44(20-14-41)90-31-6-34-96-71-68(87)65(84)62(81)55(37-78)93-71/h1-3,7-28,53-55,60-73,76-87H,4-6,29-37H2/t53-,54-,55-,60-,61-,62-,63+,64+,65+,66-,67-,68-,69+,70+,71+/m1/s1. The first-order valence-electron chi connectivity index (χ1n) is 31.9. The quantitative estimate of drug-likeness (QED) is 0.0282. The summed E-state index contributed by atoms with van der Waals surface area (Å²) in [6.45, 7) is -0.485. The van der Waals surface area contributed by atoms with Crippen molar-refractivity contribution in [2.75, 3.05) is 56.9 Å².